The Kier molecular flexibility index (Phi) is 3.11. The fourth-order valence-corrected chi connectivity index (χ4v) is 4.20. The summed E-state index contributed by atoms with van der Waals surface area (Å²) in [4.78, 5) is 1.95. The zero-order valence-electron chi connectivity index (χ0n) is 9.19. The molecular formula is C13H9ClFNS2. The van der Waals surface area contributed by atoms with Crippen molar-refractivity contribution in [3.63, 3.8) is 0 Å². The van der Waals surface area contributed by atoms with E-state index in [9.17, 15) is 4.39 Å². The van der Waals surface area contributed by atoms with Crippen molar-refractivity contribution < 1.29 is 4.39 Å². The first-order valence-electron chi connectivity index (χ1n) is 5.32. The SMILES string of the molecule is NC(c1cc2ccc(F)cc2s1)c1sccc1Cl. The van der Waals surface area contributed by atoms with Gasteiger partial charge in [0.15, 0.2) is 0 Å². The minimum Gasteiger partial charge on any atom is -0.319 e. The van der Waals surface area contributed by atoms with E-state index in [1.807, 2.05) is 17.5 Å². The van der Waals surface area contributed by atoms with Crippen LogP contribution >= 0.6 is 34.3 Å². The minimum atomic E-state index is -0.238. The predicted octanol–water partition coefficient (Wildman–Crippen LogP) is 4.80. The second kappa shape index (κ2) is 4.63. The molecule has 3 aromatic rings. The van der Waals surface area contributed by atoms with Gasteiger partial charge < -0.3 is 5.73 Å². The normalized spacial score (nSPS) is 13.1. The molecule has 92 valence electrons. The molecule has 0 spiro atoms. The average Bonchev–Trinajstić information content (AvgIpc) is 2.93. The van der Waals surface area contributed by atoms with E-state index in [0.717, 1.165) is 19.8 Å². The van der Waals surface area contributed by atoms with Gasteiger partial charge in [-0.15, -0.1) is 22.7 Å². The van der Waals surface area contributed by atoms with Crippen molar-refractivity contribution in [3.8, 4) is 0 Å². The van der Waals surface area contributed by atoms with Crippen LogP contribution in [0, 0.1) is 5.82 Å². The third-order valence-electron chi connectivity index (χ3n) is 2.73. The molecule has 5 heteroatoms. The second-order valence-corrected chi connectivity index (χ2v) is 6.41. The molecule has 3 rings (SSSR count). The van der Waals surface area contributed by atoms with E-state index in [2.05, 4.69) is 0 Å². The summed E-state index contributed by atoms with van der Waals surface area (Å²) in [6.45, 7) is 0. The lowest BCUT2D eigenvalue weighted by atomic mass is 10.2. The summed E-state index contributed by atoms with van der Waals surface area (Å²) in [5.74, 6) is -0.223. The van der Waals surface area contributed by atoms with Crippen LogP contribution in [0.1, 0.15) is 15.8 Å². The molecule has 0 saturated heterocycles. The van der Waals surface area contributed by atoms with Gasteiger partial charge in [-0.3, -0.25) is 0 Å². The average molecular weight is 298 g/mol. The Morgan fingerprint density at radius 3 is 2.78 bits per heavy atom. The van der Waals surface area contributed by atoms with Gasteiger partial charge in [0, 0.05) is 14.5 Å². The molecule has 1 aromatic carbocycles. The monoisotopic (exact) mass is 297 g/mol. The maximum absolute atomic E-state index is 13.1. The van der Waals surface area contributed by atoms with E-state index in [1.165, 1.54) is 23.5 Å². The lowest BCUT2D eigenvalue weighted by Crippen LogP contribution is -2.08. The van der Waals surface area contributed by atoms with Gasteiger partial charge in [-0.2, -0.15) is 0 Å². The van der Waals surface area contributed by atoms with Crippen LogP contribution in [0.25, 0.3) is 10.1 Å². The Bertz CT molecular complexity index is 704. The molecule has 2 aromatic heterocycles. The summed E-state index contributed by atoms with van der Waals surface area (Å²) in [6, 6.07) is 8.37. The molecule has 0 aliphatic carbocycles. The zero-order valence-corrected chi connectivity index (χ0v) is 11.6. The lowest BCUT2D eigenvalue weighted by molar-refractivity contribution is 0.630. The number of nitrogens with two attached hydrogens (primary N) is 1. The van der Waals surface area contributed by atoms with Gasteiger partial charge in [0.05, 0.1) is 11.1 Å². The van der Waals surface area contributed by atoms with E-state index in [1.54, 1.807) is 17.4 Å². The Hall–Kier alpha value is -0.940. The predicted molar refractivity (Wildman–Crippen MR) is 77.1 cm³/mol. The number of thiophene rings is 2. The van der Waals surface area contributed by atoms with Gasteiger partial charge in [0.25, 0.3) is 0 Å². The van der Waals surface area contributed by atoms with Gasteiger partial charge in [0.2, 0.25) is 0 Å². The molecule has 0 radical (unpaired) electrons. The standard InChI is InChI=1S/C13H9ClFNS2/c14-9-3-4-17-13(9)12(16)11-5-7-1-2-8(15)6-10(7)18-11/h1-6,12H,16H2. The molecule has 0 saturated carbocycles. The molecule has 18 heavy (non-hydrogen) atoms. The number of halogens is 2. The Morgan fingerprint density at radius 2 is 2.06 bits per heavy atom. The first-order valence-corrected chi connectivity index (χ1v) is 7.40. The minimum absolute atomic E-state index is 0.223. The molecule has 0 amide bonds. The number of hydrogen-bond donors (Lipinski definition) is 1. The second-order valence-electron chi connectivity index (χ2n) is 3.94. The molecule has 1 atom stereocenters. The van der Waals surface area contributed by atoms with Crippen LogP contribution in [-0.2, 0) is 0 Å². The lowest BCUT2D eigenvalue weighted by Gasteiger charge is -2.07. The summed E-state index contributed by atoms with van der Waals surface area (Å²) in [7, 11) is 0. The fourth-order valence-electron chi connectivity index (χ4n) is 1.84. The van der Waals surface area contributed by atoms with Crippen LogP contribution in [0.15, 0.2) is 35.7 Å². The summed E-state index contributed by atoms with van der Waals surface area (Å²) >= 11 is 9.13. The number of fused-ring (bicyclic) bond motifs is 1. The van der Waals surface area contributed by atoms with Crippen LogP contribution in [0.3, 0.4) is 0 Å². The van der Waals surface area contributed by atoms with Crippen molar-refractivity contribution in [1.82, 2.24) is 0 Å². The summed E-state index contributed by atoms with van der Waals surface area (Å²) < 4.78 is 14.1. The van der Waals surface area contributed by atoms with E-state index >= 15 is 0 Å². The Labute approximate surface area is 117 Å². The van der Waals surface area contributed by atoms with Crippen molar-refractivity contribution in [1.29, 1.82) is 0 Å². The van der Waals surface area contributed by atoms with Crippen LogP contribution < -0.4 is 5.73 Å². The van der Waals surface area contributed by atoms with Gasteiger partial charge in [0.1, 0.15) is 5.82 Å². The maximum Gasteiger partial charge on any atom is 0.124 e. The third-order valence-corrected chi connectivity index (χ3v) is 5.36. The first kappa shape index (κ1) is 12.1. The van der Waals surface area contributed by atoms with Gasteiger partial charge in [-0.1, -0.05) is 17.7 Å². The summed E-state index contributed by atoms with van der Waals surface area (Å²) in [6.07, 6.45) is 0. The Balaban J connectivity index is 2.07. The number of hydrogen-bond acceptors (Lipinski definition) is 3. The molecule has 1 unspecified atom stereocenters. The fraction of sp³-hybridized carbons (Fsp3) is 0.0769. The third kappa shape index (κ3) is 2.06. The molecule has 0 fully saturated rings. The maximum atomic E-state index is 13.1. The highest BCUT2D eigenvalue weighted by Gasteiger charge is 2.16. The van der Waals surface area contributed by atoms with E-state index < -0.39 is 0 Å². The largest absolute Gasteiger partial charge is 0.319 e. The zero-order chi connectivity index (χ0) is 12.7. The Morgan fingerprint density at radius 1 is 1.22 bits per heavy atom. The van der Waals surface area contributed by atoms with Crippen LogP contribution in [0.2, 0.25) is 5.02 Å². The highest BCUT2D eigenvalue weighted by atomic mass is 35.5. The van der Waals surface area contributed by atoms with E-state index in [0.29, 0.717) is 5.02 Å². The van der Waals surface area contributed by atoms with Crippen molar-refractivity contribution in [3.05, 3.63) is 56.3 Å². The van der Waals surface area contributed by atoms with E-state index in [-0.39, 0.29) is 11.9 Å². The molecule has 1 nitrogen and oxygen atoms in total. The van der Waals surface area contributed by atoms with Gasteiger partial charge >= 0.3 is 0 Å². The molecule has 0 aliphatic heterocycles. The van der Waals surface area contributed by atoms with Crippen LogP contribution in [0.4, 0.5) is 4.39 Å². The van der Waals surface area contributed by atoms with Gasteiger partial charge in [-0.25, -0.2) is 4.39 Å². The van der Waals surface area contributed by atoms with Crippen molar-refractivity contribution in [2.45, 2.75) is 6.04 Å². The molecule has 0 aliphatic rings. The summed E-state index contributed by atoms with van der Waals surface area (Å²) in [5, 5.41) is 3.63. The smallest absolute Gasteiger partial charge is 0.124 e. The van der Waals surface area contributed by atoms with Crippen molar-refractivity contribution in [2.75, 3.05) is 0 Å². The molecule has 2 heterocycles. The van der Waals surface area contributed by atoms with Gasteiger partial charge in [-0.05, 0) is 35.0 Å². The van der Waals surface area contributed by atoms with Crippen molar-refractivity contribution in [2.24, 2.45) is 5.73 Å². The van der Waals surface area contributed by atoms with Crippen LogP contribution in [-0.4, -0.2) is 0 Å². The van der Waals surface area contributed by atoms with Crippen molar-refractivity contribution >= 4 is 44.4 Å². The number of benzene rings is 1. The highest BCUT2D eigenvalue weighted by Crippen LogP contribution is 2.36. The topological polar surface area (TPSA) is 26.0 Å². The first-order chi connectivity index (χ1) is 8.65. The summed E-state index contributed by atoms with van der Waals surface area (Å²) in [5.41, 5.74) is 6.21. The number of rotatable bonds is 2. The molecular weight excluding hydrogens is 289 g/mol. The van der Waals surface area contributed by atoms with Crippen LogP contribution in [0.5, 0.6) is 0 Å². The molecule has 0 bridgehead atoms. The highest BCUT2D eigenvalue weighted by molar-refractivity contribution is 7.19. The quantitative estimate of drug-likeness (QED) is 0.722. The van der Waals surface area contributed by atoms with E-state index in [4.69, 9.17) is 17.3 Å². The molecule has 2 N–H and O–H groups in total.